The fourth-order valence-corrected chi connectivity index (χ4v) is 0.977. The first-order valence-electron chi connectivity index (χ1n) is 4.69. The van der Waals surface area contributed by atoms with Crippen LogP contribution in [-0.4, -0.2) is 41.8 Å². The molecule has 7 heteroatoms. The van der Waals surface area contributed by atoms with Crippen LogP contribution in [0.5, 0.6) is 0 Å². The Balaban J connectivity index is 4.28. The molecule has 0 unspecified atom stereocenters. The first-order valence-corrected chi connectivity index (χ1v) is 5.22. The van der Waals surface area contributed by atoms with E-state index in [-0.39, 0.29) is 19.2 Å². The number of hydrogen-bond donors (Lipinski definition) is 2. The number of nitrogens with zero attached hydrogens (tertiary/aromatic N) is 1. The van der Waals surface area contributed by atoms with Crippen LogP contribution in [0.3, 0.4) is 0 Å². The van der Waals surface area contributed by atoms with Gasteiger partial charge in [-0.3, -0.25) is 14.4 Å². The highest BCUT2D eigenvalue weighted by atomic mass is 35.5. The Morgan fingerprint density at radius 1 is 1.06 bits per heavy atom. The number of carbonyl (C=O) groups excluding carboxylic acids is 3. The zero-order valence-electron chi connectivity index (χ0n) is 9.24. The maximum absolute atomic E-state index is 11.4. The Kier molecular flexibility index (Phi) is 7.45. The summed E-state index contributed by atoms with van der Waals surface area (Å²) in [5.41, 5.74) is 0. The summed E-state index contributed by atoms with van der Waals surface area (Å²) in [6.07, 6.45) is 2.15. The minimum Gasteiger partial charge on any atom is -0.335 e. The summed E-state index contributed by atoms with van der Waals surface area (Å²) >= 11 is 5.39. The number of halogens is 1. The molecule has 0 aliphatic heterocycles. The van der Waals surface area contributed by atoms with Crippen LogP contribution in [0.2, 0.25) is 0 Å². The van der Waals surface area contributed by atoms with Gasteiger partial charge < -0.3 is 15.5 Å². The largest absolute Gasteiger partial charge is 0.335 e. The minimum atomic E-state index is -0.424. The van der Waals surface area contributed by atoms with Gasteiger partial charge in [-0.05, 0) is 12.2 Å². The van der Waals surface area contributed by atoms with Crippen LogP contribution in [0.4, 0.5) is 0 Å². The molecule has 0 aliphatic carbocycles. The standard InChI is InChI=1S/C10H14ClN3O3/c1-3-8(15)12-6-14(10(17)5-11)7-13-9(16)4-2/h3-4H,1-2,5-7H2,(H,12,15)(H,13,16). The molecule has 0 heterocycles. The summed E-state index contributed by atoms with van der Waals surface area (Å²) in [6.45, 7) is 6.41. The van der Waals surface area contributed by atoms with Crippen LogP contribution in [0, 0.1) is 0 Å². The van der Waals surface area contributed by atoms with E-state index in [1.807, 2.05) is 0 Å². The lowest BCUT2D eigenvalue weighted by Crippen LogP contribution is -2.47. The second kappa shape index (κ2) is 8.35. The predicted molar refractivity (Wildman–Crippen MR) is 64.0 cm³/mol. The van der Waals surface area contributed by atoms with Crippen molar-refractivity contribution in [3.05, 3.63) is 25.3 Å². The van der Waals surface area contributed by atoms with Crippen LogP contribution in [0.25, 0.3) is 0 Å². The molecule has 0 spiro atoms. The molecule has 0 aliphatic rings. The van der Waals surface area contributed by atoms with Crippen molar-refractivity contribution in [3.63, 3.8) is 0 Å². The van der Waals surface area contributed by atoms with Gasteiger partial charge in [-0.1, -0.05) is 13.2 Å². The van der Waals surface area contributed by atoms with Crippen molar-refractivity contribution in [2.24, 2.45) is 0 Å². The molecular weight excluding hydrogens is 246 g/mol. The third-order valence-electron chi connectivity index (χ3n) is 1.73. The van der Waals surface area contributed by atoms with E-state index in [0.717, 1.165) is 12.2 Å². The molecule has 0 atom stereocenters. The molecule has 0 aromatic carbocycles. The third kappa shape index (κ3) is 6.36. The van der Waals surface area contributed by atoms with E-state index in [1.54, 1.807) is 0 Å². The van der Waals surface area contributed by atoms with Crippen molar-refractivity contribution in [2.45, 2.75) is 0 Å². The molecule has 0 saturated carbocycles. The quantitative estimate of drug-likeness (QED) is 0.370. The van der Waals surface area contributed by atoms with Crippen LogP contribution in [0.15, 0.2) is 25.3 Å². The number of carbonyl (C=O) groups is 3. The Morgan fingerprint density at radius 2 is 1.47 bits per heavy atom. The Morgan fingerprint density at radius 3 is 1.76 bits per heavy atom. The van der Waals surface area contributed by atoms with E-state index in [4.69, 9.17) is 11.6 Å². The molecular formula is C10H14ClN3O3. The fraction of sp³-hybridized carbons (Fsp3) is 0.300. The summed E-state index contributed by atoms with van der Waals surface area (Å²) in [5.74, 6) is -1.51. The van der Waals surface area contributed by atoms with Crippen molar-refractivity contribution in [3.8, 4) is 0 Å². The SMILES string of the molecule is C=CC(=O)NCN(CNC(=O)C=C)C(=O)CCl. The van der Waals surface area contributed by atoms with Crippen molar-refractivity contribution < 1.29 is 14.4 Å². The highest BCUT2D eigenvalue weighted by molar-refractivity contribution is 6.27. The predicted octanol–water partition coefficient (Wildman–Crippen LogP) is -0.427. The zero-order chi connectivity index (χ0) is 13.3. The van der Waals surface area contributed by atoms with Gasteiger partial charge in [0.2, 0.25) is 17.7 Å². The highest BCUT2D eigenvalue weighted by Crippen LogP contribution is 1.89. The van der Waals surface area contributed by atoms with E-state index in [1.165, 1.54) is 4.90 Å². The number of alkyl halides is 1. The fourth-order valence-electron chi connectivity index (χ4n) is 0.808. The Bertz CT molecular complexity index is 307. The highest BCUT2D eigenvalue weighted by Gasteiger charge is 2.12. The van der Waals surface area contributed by atoms with E-state index in [0.29, 0.717) is 0 Å². The van der Waals surface area contributed by atoms with Gasteiger partial charge in [-0.15, -0.1) is 11.6 Å². The van der Waals surface area contributed by atoms with Gasteiger partial charge in [-0.25, -0.2) is 0 Å². The number of hydrogen-bond acceptors (Lipinski definition) is 3. The molecule has 17 heavy (non-hydrogen) atoms. The average Bonchev–Trinajstić information content (AvgIpc) is 2.36. The van der Waals surface area contributed by atoms with E-state index < -0.39 is 17.7 Å². The van der Waals surface area contributed by atoms with Crippen molar-refractivity contribution in [1.29, 1.82) is 0 Å². The van der Waals surface area contributed by atoms with Crippen molar-refractivity contribution >= 4 is 29.3 Å². The second-order valence-corrected chi connectivity index (χ2v) is 3.14. The molecule has 0 fully saturated rings. The monoisotopic (exact) mass is 259 g/mol. The van der Waals surface area contributed by atoms with Crippen LogP contribution in [0.1, 0.15) is 0 Å². The molecule has 3 amide bonds. The third-order valence-corrected chi connectivity index (χ3v) is 1.95. The Hall–Kier alpha value is -1.82. The topological polar surface area (TPSA) is 78.5 Å². The molecule has 6 nitrogen and oxygen atoms in total. The van der Waals surface area contributed by atoms with E-state index in [2.05, 4.69) is 23.8 Å². The molecule has 0 bridgehead atoms. The van der Waals surface area contributed by atoms with Crippen LogP contribution >= 0.6 is 11.6 Å². The summed E-state index contributed by atoms with van der Waals surface area (Å²) in [4.78, 5) is 34.4. The molecule has 0 aromatic rings. The van der Waals surface area contributed by atoms with Gasteiger partial charge >= 0.3 is 0 Å². The first kappa shape index (κ1) is 15.2. The average molecular weight is 260 g/mol. The maximum Gasteiger partial charge on any atom is 0.244 e. The van der Waals surface area contributed by atoms with E-state index >= 15 is 0 Å². The van der Waals surface area contributed by atoms with Gasteiger partial charge in [0.1, 0.15) is 5.88 Å². The van der Waals surface area contributed by atoms with Gasteiger partial charge in [0.25, 0.3) is 0 Å². The van der Waals surface area contributed by atoms with Gasteiger partial charge in [-0.2, -0.15) is 0 Å². The van der Waals surface area contributed by atoms with Gasteiger partial charge in [0.05, 0.1) is 13.3 Å². The molecule has 0 radical (unpaired) electrons. The smallest absolute Gasteiger partial charge is 0.244 e. The lowest BCUT2D eigenvalue weighted by molar-refractivity contribution is -0.130. The number of amides is 3. The molecule has 0 saturated heterocycles. The zero-order valence-corrected chi connectivity index (χ0v) is 10.00. The Labute approximate surface area is 104 Å². The molecule has 2 N–H and O–H groups in total. The number of nitrogens with one attached hydrogen (secondary N) is 2. The minimum absolute atomic E-state index is 0.0617. The summed E-state index contributed by atoms with van der Waals surface area (Å²) in [7, 11) is 0. The summed E-state index contributed by atoms with van der Waals surface area (Å²) < 4.78 is 0. The molecule has 0 rings (SSSR count). The van der Waals surface area contributed by atoms with Gasteiger partial charge in [0, 0.05) is 0 Å². The first-order chi connectivity index (χ1) is 8.04. The van der Waals surface area contributed by atoms with Crippen molar-refractivity contribution in [2.75, 3.05) is 19.2 Å². The molecule has 0 aromatic heterocycles. The summed E-state index contributed by atoms with van der Waals surface area (Å²) in [5, 5.41) is 4.80. The van der Waals surface area contributed by atoms with Gasteiger partial charge in [0.15, 0.2) is 0 Å². The van der Waals surface area contributed by atoms with E-state index in [9.17, 15) is 14.4 Å². The van der Waals surface area contributed by atoms with Crippen LogP contribution < -0.4 is 10.6 Å². The lowest BCUT2D eigenvalue weighted by atomic mass is 10.5. The maximum atomic E-state index is 11.4. The van der Waals surface area contributed by atoms with Crippen molar-refractivity contribution in [1.82, 2.24) is 15.5 Å². The van der Waals surface area contributed by atoms with Crippen LogP contribution in [-0.2, 0) is 14.4 Å². The summed E-state index contributed by atoms with van der Waals surface area (Å²) in [6, 6.07) is 0. The number of rotatable bonds is 7. The second-order valence-electron chi connectivity index (χ2n) is 2.87. The lowest BCUT2D eigenvalue weighted by Gasteiger charge is -2.21. The molecule has 94 valence electrons. The normalized spacial score (nSPS) is 9.00.